The molecule has 2 aliphatic rings. The number of piperazine rings is 1. The topological polar surface area (TPSA) is 88.2 Å². The summed E-state index contributed by atoms with van der Waals surface area (Å²) in [7, 11) is 1.87. The Morgan fingerprint density at radius 2 is 1.65 bits per heavy atom. The number of piperidine rings is 1. The van der Waals surface area contributed by atoms with Crippen LogP contribution in [0.25, 0.3) is 10.1 Å². The van der Waals surface area contributed by atoms with E-state index in [1.54, 1.807) is 0 Å². The Hall–Kier alpha value is -2.85. The molecular weight excluding hydrogens is 488 g/mol. The van der Waals surface area contributed by atoms with Crippen LogP contribution in [-0.2, 0) is 0 Å². The second-order valence-electron chi connectivity index (χ2n) is 10.8. The first-order valence-corrected chi connectivity index (χ1v) is 14.0. The molecule has 10 heteroatoms. The van der Waals surface area contributed by atoms with Gasteiger partial charge in [0.2, 0.25) is 0 Å². The molecule has 2 aliphatic heterocycles. The lowest BCUT2D eigenvalue weighted by Crippen LogP contribution is -2.56. The van der Waals surface area contributed by atoms with E-state index in [4.69, 9.17) is 0 Å². The van der Waals surface area contributed by atoms with Crippen molar-refractivity contribution in [3.63, 3.8) is 0 Å². The summed E-state index contributed by atoms with van der Waals surface area (Å²) in [5, 5.41) is 7.11. The van der Waals surface area contributed by atoms with Crippen molar-refractivity contribution >= 4 is 44.4 Å². The van der Waals surface area contributed by atoms with E-state index in [-0.39, 0.29) is 23.5 Å². The van der Waals surface area contributed by atoms with E-state index in [0.717, 1.165) is 49.1 Å². The number of carbonyl (C=O) groups excluding carboxylic acids is 3. The van der Waals surface area contributed by atoms with E-state index in [1.807, 2.05) is 52.9 Å². The molecule has 1 aromatic heterocycles. The highest BCUT2D eigenvalue weighted by Gasteiger charge is 2.34. The van der Waals surface area contributed by atoms with Crippen LogP contribution in [0.2, 0.25) is 0 Å². The highest BCUT2D eigenvalue weighted by molar-refractivity contribution is 7.23. The molecule has 0 aliphatic carbocycles. The molecule has 1 aromatic carbocycles. The van der Waals surface area contributed by atoms with E-state index < -0.39 is 0 Å². The van der Waals surface area contributed by atoms with Crippen LogP contribution in [-0.4, -0.2) is 102 Å². The van der Waals surface area contributed by atoms with Crippen molar-refractivity contribution in [2.75, 3.05) is 58.2 Å². The van der Waals surface area contributed by atoms with Crippen LogP contribution in [0.3, 0.4) is 0 Å². The quantitative estimate of drug-likeness (QED) is 0.625. The lowest BCUT2D eigenvalue weighted by Gasteiger charge is -2.44. The third kappa shape index (κ3) is 6.01. The number of fused-ring (bicyclic) bond motifs is 1. The van der Waals surface area contributed by atoms with Gasteiger partial charge in [-0.25, -0.2) is 9.59 Å². The summed E-state index contributed by atoms with van der Waals surface area (Å²) >= 11 is 1.43. The zero-order valence-electron chi connectivity index (χ0n) is 22.7. The Labute approximate surface area is 223 Å². The second kappa shape index (κ2) is 11.3. The maximum absolute atomic E-state index is 13.7. The average molecular weight is 529 g/mol. The molecule has 5 amide bonds. The number of hydrogen-bond donors (Lipinski definition) is 2. The number of carbonyl (C=O) groups is 3. The number of hydrogen-bond acceptors (Lipinski definition) is 5. The number of amides is 5. The van der Waals surface area contributed by atoms with Crippen molar-refractivity contribution in [2.45, 2.75) is 52.1 Å². The SMILES string of the molecule is CCNC(=O)Nc1sc2ccccc2c1C(=O)N1CCN(C2CCN(C(=O)N(C)C(C)(C)C)CC2)CC1. The van der Waals surface area contributed by atoms with Crippen LogP contribution in [0.5, 0.6) is 0 Å². The monoisotopic (exact) mass is 528 g/mol. The molecule has 2 fully saturated rings. The molecule has 4 rings (SSSR count). The molecule has 2 aromatic rings. The van der Waals surface area contributed by atoms with Crippen molar-refractivity contribution in [3.05, 3.63) is 29.8 Å². The number of urea groups is 2. The largest absolute Gasteiger partial charge is 0.338 e. The van der Waals surface area contributed by atoms with Crippen LogP contribution in [0.1, 0.15) is 50.9 Å². The normalized spacial score (nSPS) is 17.6. The Balaban J connectivity index is 1.37. The minimum Gasteiger partial charge on any atom is -0.338 e. The molecule has 37 heavy (non-hydrogen) atoms. The van der Waals surface area contributed by atoms with Crippen LogP contribution in [0, 0.1) is 0 Å². The van der Waals surface area contributed by atoms with Gasteiger partial charge >= 0.3 is 12.1 Å². The second-order valence-corrected chi connectivity index (χ2v) is 11.9. The number of likely N-dealkylation sites (tertiary alicyclic amines) is 1. The minimum absolute atomic E-state index is 0.0328. The van der Waals surface area contributed by atoms with Crippen LogP contribution < -0.4 is 10.6 Å². The van der Waals surface area contributed by atoms with Gasteiger partial charge in [-0.2, -0.15) is 0 Å². The standard InChI is InChI=1S/C27H40N6O3S/c1-6-28-25(35)29-23-22(20-9-7-8-10-21(20)37-23)24(34)32-17-15-31(16-18-32)19-11-13-33(14-12-19)26(36)30(5)27(2,3)4/h7-10,19H,6,11-18H2,1-5H3,(H2,28,29,35). The number of benzene rings is 1. The number of rotatable bonds is 4. The van der Waals surface area contributed by atoms with Gasteiger partial charge in [0.05, 0.1) is 5.56 Å². The van der Waals surface area contributed by atoms with Gasteiger partial charge in [-0.05, 0) is 46.6 Å². The van der Waals surface area contributed by atoms with Crippen molar-refractivity contribution < 1.29 is 14.4 Å². The maximum Gasteiger partial charge on any atom is 0.320 e. The summed E-state index contributed by atoms with van der Waals surface area (Å²) in [6.07, 6.45) is 1.90. The zero-order valence-corrected chi connectivity index (χ0v) is 23.5. The van der Waals surface area contributed by atoms with Crippen LogP contribution in [0.15, 0.2) is 24.3 Å². The summed E-state index contributed by atoms with van der Waals surface area (Å²) in [6, 6.07) is 8.03. The third-order valence-electron chi connectivity index (χ3n) is 7.52. The molecule has 0 bridgehead atoms. The molecule has 2 saturated heterocycles. The number of anilines is 1. The fourth-order valence-electron chi connectivity index (χ4n) is 5.02. The van der Waals surface area contributed by atoms with Crippen molar-refractivity contribution in [2.24, 2.45) is 0 Å². The van der Waals surface area contributed by atoms with Gasteiger partial charge in [-0.3, -0.25) is 15.0 Å². The van der Waals surface area contributed by atoms with Crippen LogP contribution in [0.4, 0.5) is 14.6 Å². The Morgan fingerprint density at radius 1 is 1.00 bits per heavy atom. The van der Waals surface area contributed by atoms with Gasteiger partial charge in [-0.1, -0.05) is 18.2 Å². The van der Waals surface area contributed by atoms with E-state index in [2.05, 4.69) is 36.3 Å². The highest BCUT2D eigenvalue weighted by Crippen LogP contribution is 2.36. The molecule has 0 atom stereocenters. The number of nitrogens with zero attached hydrogens (tertiary/aromatic N) is 4. The minimum atomic E-state index is -0.300. The summed E-state index contributed by atoms with van der Waals surface area (Å²) < 4.78 is 0.981. The van der Waals surface area contributed by atoms with Gasteiger partial charge in [0, 0.05) is 74.5 Å². The molecule has 0 saturated carbocycles. The van der Waals surface area contributed by atoms with Crippen molar-refractivity contribution in [1.29, 1.82) is 0 Å². The first-order chi connectivity index (χ1) is 17.6. The van der Waals surface area contributed by atoms with E-state index in [1.165, 1.54) is 11.3 Å². The van der Waals surface area contributed by atoms with E-state index >= 15 is 0 Å². The molecular formula is C27H40N6O3S. The fourth-order valence-corrected chi connectivity index (χ4v) is 6.11. The summed E-state index contributed by atoms with van der Waals surface area (Å²) in [5.74, 6) is -0.0328. The van der Waals surface area contributed by atoms with Gasteiger partial charge in [0.15, 0.2) is 0 Å². The third-order valence-corrected chi connectivity index (χ3v) is 8.61. The van der Waals surface area contributed by atoms with Gasteiger partial charge in [-0.15, -0.1) is 11.3 Å². The molecule has 202 valence electrons. The molecule has 0 radical (unpaired) electrons. The highest BCUT2D eigenvalue weighted by atomic mass is 32.1. The van der Waals surface area contributed by atoms with E-state index in [0.29, 0.717) is 36.2 Å². The van der Waals surface area contributed by atoms with E-state index in [9.17, 15) is 14.4 Å². The predicted octanol–water partition coefficient (Wildman–Crippen LogP) is 4.12. The van der Waals surface area contributed by atoms with Crippen molar-refractivity contribution in [3.8, 4) is 0 Å². The first kappa shape index (κ1) is 27.2. The predicted molar refractivity (Wildman–Crippen MR) is 150 cm³/mol. The molecule has 0 unspecified atom stereocenters. The van der Waals surface area contributed by atoms with Gasteiger partial charge < -0.3 is 20.0 Å². The summed E-state index contributed by atoms with van der Waals surface area (Å²) in [4.78, 5) is 46.9. The Kier molecular flexibility index (Phi) is 8.28. The Bertz CT molecular complexity index is 1130. The maximum atomic E-state index is 13.7. The summed E-state index contributed by atoms with van der Waals surface area (Å²) in [6.45, 7) is 13.0. The van der Waals surface area contributed by atoms with Crippen molar-refractivity contribution in [1.82, 2.24) is 24.9 Å². The molecule has 9 nitrogen and oxygen atoms in total. The average Bonchev–Trinajstić information content (AvgIpc) is 3.24. The summed E-state index contributed by atoms with van der Waals surface area (Å²) in [5.41, 5.74) is 0.384. The first-order valence-electron chi connectivity index (χ1n) is 13.2. The molecule has 3 heterocycles. The lowest BCUT2D eigenvalue weighted by atomic mass is 10.0. The number of thiophene rings is 1. The lowest BCUT2D eigenvalue weighted by molar-refractivity contribution is 0.0449. The number of nitrogens with one attached hydrogen (secondary N) is 2. The molecule has 0 spiro atoms. The van der Waals surface area contributed by atoms with Gasteiger partial charge in [0.25, 0.3) is 5.91 Å². The smallest absolute Gasteiger partial charge is 0.320 e. The fraction of sp³-hybridized carbons (Fsp3) is 0.593. The van der Waals surface area contributed by atoms with Crippen LogP contribution >= 0.6 is 11.3 Å². The molecule has 2 N–H and O–H groups in total. The Morgan fingerprint density at radius 3 is 2.27 bits per heavy atom. The zero-order chi connectivity index (χ0) is 26.7. The van der Waals surface area contributed by atoms with Gasteiger partial charge in [0.1, 0.15) is 5.00 Å².